The van der Waals surface area contributed by atoms with Gasteiger partial charge in [0.25, 0.3) is 0 Å². The summed E-state index contributed by atoms with van der Waals surface area (Å²) in [5, 5.41) is 12.1. The van der Waals surface area contributed by atoms with E-state index in [1.54, 1.807) is 18.4 Å². The molecule has 0 aliphatic carbocycles. The lowest BCUT2D eigenvalue weighted by Crippen LogP contribution is -2.26. The fourth-order valence-corrected chi connectivity index (χ4v) is 2.39. The third kappa shape index (κ3) is 2.35. The van der Waals surface area contributed by atoms with Gasteiger partial charge in [0.2, 0.25) is 0 Å². The predicted octanol–water partition coefficient (Wildman–Crippen LogP) is 2.76. The molecule has 1 rings (SSSR count). The Kier molecular flexibility index (Phi) is 4.11. The molecule has 2 nitrogen and oxygen atoms in total. The van der Waals surface area contributed by atoms with Crippen LogP contribution in [0.15, 0.2) is 11.4 Å². The van der Waals surface area contributed by atoms with Crippen molar-refractivity contribution >= 4 is 11.3 Å². The molecule has 14 heavy (non-hydrogen) atoms. The van der Waals surface area contributed by atoms with Gasteiger partial charge in [0.05, 0.1) is 6.10 Å². The Balaban J connectivity index is 2.83. The summed E-state index contributed by atoms with van der Waals surface area (Å²) in [5.74, 6) is 0.314. The monoisotopic (exact) mass is 214 g/mol. The highest BCUT2D eigenvalue weighted by Crippen LogP contribution is 2.29. The molecule has 1 aromatic heterocycles. The smallest absolute Gasteiger partial charge is 0.106 e. The van der Waals surface area contributed by atoms with E-state index in [9.17, 15) is 5.11 Å². The van der Waals surface area contributed by atoms with Gasteiger partial charge in [-0.3, -0.25) is 0 Å². The molecule has 1 aromatic rings. The second kappa shape index (κ2) is 4.91. The molecule has 0 saturated carbocycles. The minimum atomic E-state index is -0.508. The molecule has 80 valence electrons. The van der Waals surface area contributed by atoms with Gasteiger partial charge in [0.15, 0.2) is 0 Å². The molecule has 0 aromatic carbocycles. The topological polar surface area (TPSA) is 29.5 Å². The van der Waals surface area contributed by atoms with Gasteiger partial charge in [-0.2, -0.15) is 0 Å². The zero-order valence-corrected chi connectivity index (χ0v) is 9.97. The van der Waals surface area contributed by atoms with E-state index in [-0.39, 0.29) is 6.10 Å². The van der Waals surface area contributed by atoms with E-state index in [0.717, 1.165) is 5.56 Å². The average Bonchev–Trinajstić information content (AvgIpc) is 2.51. The fourth-order valence-electron chi connectivity index (χ4n) is 1.64. The second-order valence-electron chi connectivity index (χ2n) is 3.82. The largest absolute Gasteiger partial charge is 0.386 e. The number of hydrogen-bond donors (Lipinski definition) is 1. The predicted molar refractivity (Wildman–Crippen MR) is 59.7 cm³/mol. The lowest BCUT2D eigenvalue weighted by atomic mass is 9.96. The Morgan fingerprint density at radius 2 is 2.07 bits per heavy atom. The number of thiophene rings is 1. The summed E-state index contributed by atoms with van der Waals surface area (Å²) in [6.45, 7) is 6.13. The molecular weight excluding hydrogens is 196 g/mol. The van der Waals surface area contributed by atoms with E-state index < -0.39 is 6.10 Å². The summed E-state index contributed by atoms with van der Waals surface area (Å²) >= 11 is 1.66. The quantitative estimate of drug-likeness (QED) is 0.835. The van der Waals surface area contributed by atoms with E-state index in [0.29, 0.717) is 5.92 Å². The lowest BCUT2D eigenvalue weighted by molar-refractivity contribution is -0.0391. The molecule has 2 unspecified atom stereocenters. The van der Waals surface area contributed by atoms with Gasteiger partial charge in [-0.15, -0.1) is 11.3 Å². The van der Waals surface area contributed by atoms with Gasteiger partial charge in [-0.05, 0) is 29.9 Å². The van der Waals surface area contributed by atoms with Crippen molar-refractivity contribution in [1.29, 1.82) is 0 Å². The fraction of sp³-hybridized carbons (Fsp3) is 0.636. The molecule has 3 heteroatoms. The molecular formula is C11H18O2S. The maximum Gasteiger partial charge on any atom is 0.106 e. The summed E-state index contributed by atoms with van der Waals surface area (Å²) in [7, 11) is 1.65. The number of methoxy groups -OCH3 is 1. The van der Waals surface area contributed by atoms with Crippen molar-refractivity contribution < 1.29 is 9.84 Å². The first kappa shape index (κ1) is 11.7. The average molecular weight is 214 g/mol. The first-order chi connectivity index (χ1) is 6.57. The third-order valence-corrected chi connectivity index (χ3v) is 3.32. The molecule has 2 atom stereocenters. The highest BCUT2D eigenvalue weighted by Gasteiger charge is 2.25. The van der Waals surface area contributed by atoms with Crippen molar-refractivity contribution in [2.24, 2.45) is 5.92 Å². The Hall–Kier alpha value is -0.380. The zero-order chi connectivity index (χ0) is 10.7. The van der Waals surface area contributed by atoms with Gasteiger partial charge in [0, 0.05) is 12.0 Å². The number of ether oxygens (including phenoxy) is 1. The Bertz CT molecular complexity index is 281. The highest BCUT2D eigenvalue weighted by atomic mass is 32.1. The van der Waals surface area contributed by atoms with Gasteiger partial charge in [0.1, 0.15) is 6.10 Å². The third-order valence-electron chi connectivity index (χ3n) is 2.46. The van der Waals surface area contributed by atoms with Crippen LogP contribution in [0.5, 0.6) is 0 Å². The van der Waals surface area contributed by atoms with Crippen LogP contribution in [-0.4, -0.2) is 18.3 Å². The summed E-state index contributed by atoms with van der Waals surface area (Å²) in [4.78, 5) is 1.17. The summed E-state index contributed by atoms with van der Waals surface area (Å²) in [6, 6.07) is 1.97. The second-order valence-corrected chi connectivity index (χ2v) is 4.94. The van der Waals surface area contributed by atoms with Crippen LogP contribution < -0.4 is 0 Å². The molecule has 0 aliphatic heterocycles. The molecule has 0 spiro atoms. The lowest BCUT2D eigenvalue weighted by Gasteiger charge is -2.25. The first-order valence-electron chi connectivity index (χ1n) is 4.82. The van der Waals surface area contributed by atoms with Crippen LogP contribution in [-0.2, 0) is 4.74 Å². The van der Waals surface area contributed by atoms with Crippen molar-refractivity contribution in [2.75, 3.05) is 7.11 Å². The summed E-state index contributed by atoms with van der Waals surface area (Å²) < 4.78 is 5.31. The van der Waals surface area contributed by atoms with Gasteiger partial charge in [-0.1, -0.05) is 13.8 Å². The molecule has 0 radical (unpaired) electrons. The van der Waals surface area contributed by atoms with Crippen LogP contribution in [0.2, 0.25) is 0 Å². The molecule has 0 fully saturated rings. The van der Waals surface area contributed by atoms with Crippen LogP contribution >= 0.6 is 11.3 Å². The Morgan fingerprint density at radius 3 is 2.43 bits per heavy atom. The van der Waals surface area contributed by atoms with Crippen molar-refractivity contribution in [3.05, 3.63) is 21.9 Å². The molecule has 0 bridgehead atoms. The van der Waals surface area contributed by atoms with Crippen LogP contribution in [0.1, 0.15) is 30.4 Å². The minimum absolute atomic E-state index is 0.122. The zero-order valence-electron chi connectivity index (χ0n) is 9.15. The van der Waals surface area contributed by atoms with Crippen molar-refractivity contribution in [2.45, 2.75) is 33.0 Å². The van der Waals surface area contributed by atoms with Crippen molar-refractivity contribution in [3.8, 4) is 0 Å². The summed E-state index contributed by atoms with van der Waals surface area (Å²) in [5.41, 5.74) is 0.996. The number of aliphatic hydroxyl groups excluding tert-OH is 1. The van der Waals surface area contributed by atoms with Crippen molar-refractivity contribution in [3.63, 3.8) is 0 Å². The normalized spacial score (nSPS) is 15.9. The maximum absolute atomic E-state index is 10.1. The Morgan fingerprint density at radius 1 is 1.43 bits per heavy atom. The van der Waals surface area contributed by atoms with Crippen LogP contribution in [0.3, 0.4) is 0 Å². The first-order valence-corrected chi connectivity index (χ1v) is 5.70. The Labute approximate surface area is 89.5 Å². The number of aryl methyl sites for hydroxylation is 1. The minimum Gasteiger partial charge on any atom is -0.386 e. The molecule has 1 heterocycles. The highest BCUT2D eigenvalue weighted by molar-refractivity contribution is 7.10. The number of rotatable bonds is 4. The van der Waals surface area contributed by atoms with E-state index in [1.165, 1.54) is 4.88 Å². The number of aliphatic hydroxyl groups is 1. The van der Waals surface area contributed by atoms with E-state index in [2.05, 4.69) is 13.8 Å². The molecule has 0 aliphatic rings. The molecule has 0 saturated heterocycles. The number of hydrogen-bond acceptors (Lipinski definition) is 3. The SMILES string of the molecule is COC(C(C)C)C(O)c1ccsc1C. The van der Waals surface area contributed by atoms with E-state index in [4.69, 9.17) is 4.74 Å². The molecule has 0 amide bonds. The van der Waals surface area contributed by atoms with E-state index >= 15 is 0 Å². The van der Waals surface area contributed by atoms with Crippen LogP contribution in [0.4, 0.5) is 0 Å². The summed E-state index contributed by atoms with van der Waals surface area (Å²) in [6.07, 6.45) is -0.630. The van der Waals surface area contributed by atoms with E-state index in [1.807, 2.05) is 18.4 Å². The van der Waals surface area contributed by atoms with Gasteiger partial charge >= 0.3 is 0 Å². The van der Waals surface area contributed by atoms with Gasteiger partial charge in [-0.25, -0.2) is 0 Å². The maximum atomic E-state index is 10.1. The standard InChI is InChI=1S/C11H18O2S/c1-7(2)11(13-4)10(12)9-5-6-14-8(9)3/h5-7,10-12H,1-4H3. The van der Waals surface area contributed by atoms with Crippen LogP contribution in [0.25, 0.3) is 0 Å². The van der Waals surface area contributed by atoms with Crippen LogP contribution in [0, 0.1) is 12.8 Å². The van der Waals surface area contributed by atoms with Gasteiger partial charge < -0.3 is 9.84 Å². The van der Waals surface area contributed by atoms with Crippen molar-refractivity contribution in [1.82, 2.24) is 0 Å². The molecule has 1 N–H and O–H groups in total.